The van der Waals surface area contributed by atoms with Crippen LogP contribution in [0.1, 0.15) is 0 Å². The second-order valence-electron chi connectivity index (χ2n) is 6.26. The summed E-state index contributed by atoms with van der Waals surface area (Å²) in [6, 6.07) is 0.256. The van der Waals surface area contributed by atoms with Crippen LogP contribution in [0.5, 0.6) is 6.01 Å². The molecular formula is C15H24N6O5. The zero-order valence-corrected chi connectivity index (χ0v) is 14.6. The summed E-state index contributed by atoms with van der Waals surface area (Å²) >= 11 is 0. The minimum Gasteiger partial charge on any atom is -0.444 e. The summed E-state index contributed by atoms with van der Waals surface area (Å²) in [6.45, 7) is 6.98. The van der Waals surface area contributed by atoms with Crippen molar-refractivity contribution in [1.29, 1.82) is 0 Å². The standard InChI is InChI=1S/C15H24N6O5/c22-14(16-1-2-18-5-8-25-9-6-18)12-19-3-4-20-11-13(21(23)24)17-15(20)26-10-7-19/h11H,1-10,12H2,(H,16,22). The molecule has 0 radical (unpaired) electrons. The van der Waals surface area contributed by atoms with Gasteiger partial charge in [0, 0.05) is 50.8 Å². The van der Waals surface area contributed by atoms with E-state index >= 15 is 0 Å². The van der Waals surface area contributed by atoms with Crippen molar-refractivity contribution in [2.24, 2.45) is 0 Å². The Morgan fingerprint density at radius 1 is 1.19 bits per heavy atom. The minimum atomic E-state index is -0.541. The molecule has 0 aliphatic carbocycles. The lowest BCUT2D eigenvalue weighted by Crippen LogP contribution is -2.45. The van der Waals surface area contributed by atoms with Gasteiger partial charge in [-0.1, -0.05) is 0 Å². The van der Waals surface area contributed by atoms with Gasteiger partial charge in [-0.3, -0.25) is 19.2 Å². The molecule has 11 heteroatoms. The number of imidazole rings is 1. The van der Waals surface area contributed by atoms with Gasteiger partial charge in [-0.25, -0.2) is 0 Å². The second-order valence-corrected chi connectivity index (χ2v) is 6.26. The molecule has 0 aromatic carbocycles. The van der Waals surface area contributed by atoms with E-state index < -0.39 is 4.92 Å². The SMILES string of the molecule is O=C(CN1CCOc2nc([N+](=O)[O-])cn2CC1)NCCN1CCOCC1. The van der Waals surface area contributed by atoms with Crippen molar-refractivity contribution in [3.63, 3.8) is 0 Å². The van der Waals surface area contributed by atoms with E-state index in [1.165, 1.54) is 6.20 Å². The highest BCUT2D eigenvalue weighted by Gasteiger charge is 2.23. The number of amides is 1. The minimum absolute atomic E-state index is 0.0318. The quantitative estimate of drug-likeness (QED) is 0.499. The summed E-state index contributed by atoms with van der Waals surface area (Å²) in [7, 11) is 0. The predicted octanol–water partition coefficient (Wildman–Crippen LogP) is -1.07. The summed E-state index contributed by atoms with van der Waals surface area (Å²) in [4.78, 5) is 30.5. The van der Waals surface area contributed by atoms with Gasteiger partial charge in [-0.2, -0.15) is 0 Å². The normalized spacial score (nSPS) is 19.1. The van der Waals surface area contributed by atoms with Gasteiger partial charge in [0.15, 0.2) is 0 Å². The molecule has 1 fully saturated rings. The number of carbonyl (C=O) groups excluding carboxylic acids is 1. The first-order valence-electron chi connectivity index (χ1n) is 8.75. The predicted molar refractivity (Wildman–Crippen MR) is 91.1 cm³/mol. The maximum absolute atomic E-state index is 12.1. The van der Waals surface area contributed by atoms with E-state index in [1.54, 1.807) is 4.57 Å². The molecule has 0 unspecified atom stereocenters. The van der Waals surface area contributed by atoms with Gasteiger partial charge >= 0.3 is 11.8 Å². The molecule has 0 saturated carbocycles. The monoisotopic (exact) mass is 368 g/mol. The highest BCUT2D eigenvalue weighted by atomic mass is 16.6. The summed E-state index contributed by atoms with van der Waals surface area (Å²) in [5.41, 5.74) is 0. The average molecular weight is 368 g/mol. The fourth-order valence-corrected chi connectivity index (χ4v) is 2.97. The summed E-state index contributed by atoms with van der Waals surface area (Å²) in [6.07, 6.45) is 1.36. The van der Waals surface area contributed by atoms with Crippen LogP contribution in [0.3, 0.4) is 0 Å². The van der Waals surface area contributed by atoms with E-state index in [2.05, 4.69) is 15.2 Å². The molecule has 144 valence electrons. The van der Waals surface area contributed by atoms with Crippen LogP contribution < -0.4 is 10.1 Å². The highest BCUT2D eigenvalue weighted by molar-refractivity contribution is 5.78. The third kappa shape index (κ3) is 5.13. The highest BCUT2D eigenvalue weighted by Crippen LogP contribution is 2.18. The topological polar surface area (TPSA) is 115 Å². The largest absolute Gasteiger partial charge is 0.444 e. The first-order chi connectivity index (χ1) is 12.6. The molecule has 1 N–H and O–H groups in total. The summed E-state index contributed by atoms with van der Waals surface area (Å²) < 4.78 is 12.4. The number of hydrogen-bond acceptors (Lipinski definition) is 8. The zero-order chi connectivity index (χ0) is 18.4. The fraction of sp³-hybridized carbons (Fsp3) is 0.733. The molecule has 1 aromatic heterocycles. The Bertz CT molecular complexity index is 630. The number of nitrogens with zero attached hydrogens (tertiary/aromatic N) is 5. The maximum atomic E-state index is 12.1. The molecular weight excluding hydrogens is 344 g/mol. The first-order valence-corrected chi connectivity index (χ1v) is 8.75. The van der Waals surface area contributed by atoms with Crippen LogP contribution in [0.25, 0.3) is 0 Å². The number of hydrogen-bond donors (Lipinski definition) is 1. The van der Waals surface area contributed by atoms with Crippen molar-refractivity contribution in [2.45, 2.75) is 6.54 Å². The van der Waals surface area contributed by atoms with Gasteiger partial charge in [0.25, 0.3) is 0 Å². The van der Waals surface area contributed by atoms with Crippen molar-refractivity contribution < 1.29 is 19.2 Å². The number of nitro groups is 1. The molecule has 26 heavy (non-hydrogen) atoms. The molecule has 0 spiro atoms. The molecule has 3 heterocycles. The van der Waals surface area contributed by atoms with Gasteiger partial charge in [0.2, 0.25) is 5.91 Å². The van der Waals surface area contributed by atoms with Crippen LogP contribution in [0.4, 0.5) is 5.82 Å². The fourth-order valence-electron chi connectivity index (χ4n) is 2.97. The zero-order valence-electron chi connectivity index (χ0n) is 14.6. The van der Waals surface area contributed by atoms with Crippen LogP contribution in [0, 0.1) is 10.1 Å². The van der Waals surface area contributed by atoms with E-state index in [-0.39, 0.29) is 24.3 Å². The second kappa shape index (κ2) is 8.92. The number of fused-ring (bicyclic) bond motifs is 1. The van der Waals surface area contributed by atoms with E-state index in [1.807, 2.05) is 4.90 Å². The lowest BCUT2D eigenvalue weighted by atomic mass is 10.4. The molecule has 1 saturated heterocycles. The number of rotatable bonds is 6. The maximum Gasteiger partial charge on any atom is 0.414 e. The lowest BCUT2D eigenvalue weighted by Gasteiger charge is -2.27. The van der Waals surface area contributed by atoms with E-state index in [0.717, 1.165) is 32.8 Å². The van der Waals surface area contributed by atoms with Gasteiger partial charge in [-0.15, -0.1) is 0 Å². The van der Waals surface area contributed by atoms with Gasteiger partial charge in [0.1, 0.15) is 12.8 Å². The Kier molecular flexibility index (Phi) is 6.36. The van der Waals surface area contributed by atoms with Crippen molar-refractivity contribution in [1.82, 2.24) is 24.7 Å². The van der Waals surface area contributed by atoms with Crippen molar-refractivity contribution in [3.05, 3.63) is 16.3 Å². The summed E-state index contributed by atoms with van der Waals surface area (Å²) in [5, 5.41) is 13.8. The number of carbonyl (C=O) groups is 1. The summed E-state index contributed by atoms with van der Waals surface area (Å²) in [5.74, 6) is -0.259. The average Bonchev–Trinajstić information content (AvgIpc) is 3.01. The van der Waals surface area contributed by atoms with Crippen LogP contribution in [-0.4, -0.2) is 95.8 Å². The van der Waals surface area contributed by atoms with Crippen LogP contribution in [0.15, 0.2) is 6.20 Å². The Balaban J connectivity index is 1.41. The number of ether oxygens (including phenoxy) is 2. The molecule has 0 bridgehead atoms. The molecule has 2 aliphatic heterocycles. The third-order valence-electron chi connectivity index (χ3n) is 4.43. The molecule has 2 aliphatic rings. The van der Waals surface area contributed by atoms with Gasteiger partial charge < -0.3 is 24.9 Å². The Morgan fingerprint density at radius 2 is 1.96 bits per heavy atom. The molecule has 3 rings (SSSR count). The smallest absolute Gasteiger partial charge is 0.414 e. The van der Waals surface area contributed by atoms with Crippen molar-refractivity contribution >= 4 is 11.7 Å². The van der Waals surface area contributed by atoms with E-state index in [0.29, 0.717) is 32.8 Å². The van der Waals surface area contributed by atoms with Crippen molar-refractivity contribution in [3.8, 4) is 6.01 Å². The Hall–Kier alpha value is -2.24. The molecule has 0 atom stereocenters. The van der Waals surface area contributed by atoms with Crippen LogP contribution in [0.2, 0.25) is 0 Å². The van der Waals surface area contributed by atoms with Crippen molar-refractivity contribution in [2.75, 3.05) is 65.6 Å². The Morgan fingerprint density at radius 3 is 2.73 bits per heavy atom. The van der Waals surface area contributed by atoms with Gasteiger partial charge in [0.05, 0.1) is 19.8 Å². The molecule has 11 nitrogen and oxygen atoms in total. The van der Waals surface area contributed by atoms with Gasteiger partial charge in [-0.05, 0) is 4.92 Å². The lowest BCUT2D eigenvalue weighted by molar-refractivity contribution is -0.389. The van der Waals surface area contributed by atoms with E-state index in [9.17, 15) is 14.9 Å². The first kappa shape index (κ1) is 18.5. The number of morpholine rings is 1. The Labute approximate surface area is 151 Å². The number of nitrogens with one attached hydrogen (secondary N) is 1. The van der Waals surface area contributed by atoms with Crippen LogP contribution >= 0.6 is 0 Å². The molecule has 1 aromatic rings. The molecule has 1 amide bonds. The van der Waals surface area contributed by atoms with Crippen LogP contribution in [-0.2, 0) is 16.1 Å². The third-order valence-corrected chi connectivity index (χ3v) is 4.43. The van der Waals surface area contributed by atoms with E-state index in [4.69, 9.17) is 9.47 Å². The number of aromatic nitrogens is 2.